The number of amides is 2. The summed E-state index contributed by atoms with van der Waals surface area (Å²) in [5.74, 6) is 1.08. The average Bonchev–Trinajstić information content (AvgIpc) is 3.29. The van der Waals surface area contributed by atoms with Crippen LogP contribution in [0.25, 0.3) is 0 Å². The Bertz CT molecular complexity index is 800. The SMILES string of the molecule is CN(Cc1cc(C2CC2)on1)C(=O)C1CC(=O)N(Cc2ccccn2)C1. The van der Waals surface area contributed by atoms with E-state index in [9.17, 15) is 9.59 Å². The molecule has 1 aliphatic heterocycles. The molecule has 26 heavy (non-hydrogen) atoms. The molecule has 0 spiro atoms. The Morgan fingerprint density at radius 3 is 2.92 bits per heavy atom. The Labute approximate surface area is 152 Å². The van der Waals surface area contributed by atoms with Crippen LogP contribution in [0.15, 0.2) is 35.0 Å². The van der Waals surface area contributed by atoms with Gasteiger partial charge in [0.15, 0.2) is 0 Å². The van der Waals surface area contributed by atoms with E-state index in [1.165, 1.54) is 0 Å². The van der Waals surface area contributed by atoms with Crippen LogP contribution < -0.4 is 0 Å². The highest BCUT2D eigenvalue weighted by Crippen LogP contribution is 2.40. The van der Waals surface area contributed by atoms with Gasteiger partial charge in [-0.1, -0.05) is 11.2 Å². The van der Waals surface area contributed by atoms with Gasteiger partial charge in [0, 0.05) is 38.2 Å². The van der Waals surface area contributed by atoms with Crippen LogP contribution in [0.2, 0.25) is 0 Å². The molecular formula is C19H22N4O3. The van der Waals surface area contributed by atoms with Gasteiger partial charge in [-0.25, -0.2) is 0 Å². The molecule has 1 aliphatic carbocycles. The number of nitrogens with zero attached hydrogens (tertiary/aromatic N) is 4. The third kappa shape index (κ3) is 3.61. The average molecular weight is 354 g/mol. The Hall–Kier alpha value is -2.70. The number of hydrogen-bond acceptors (Lipinski definition) is 5. The normalized spacial score (nSPS) is 19.8. The Balaban J connectivity index is 1.34. The minimum Gasteiger partial charge on any atom is -0.361 e. The second-order valence-electron chi connectivity index (χ2n) is 7.19. The first-order valence-electron chi connectivity index (χ1n) is 8.98. The van der Waals surface area contributed by atoms with Gasteiger partial charge in [-0.05, 0) is 25.0 Å². The molecule has 136 valence electrons. The van der Waals surface area contributed by atoms with E-state index in [0.717, 1.165) is 30.0 Å². The van der Waals surface area contributed by atoms with E-state index in [4.69, 9.17) is 4.52 Å². The molecule has 0 bridgehead atoms. The van der Waals surface area contributed by atoms with Crippen LogP contribution in [0.4, 0.5) is 0 Å². The van der Waals surface area contributed by atoms with Gasteiger partial charge in [0.1, 0.15) is 11.5 Å². The highest BCUT2D eigenvalue weighted by Gasteiger charge is 2.36. The highest BCUT2D eigenvalue weighted by atomic mass is 16.5. The zero-order valence-electron chi connectivity index (χ0n) is 14.8. The van der Waals surface area contributed by atoms with Crippen molar-refractivity contribution in [3.05, 3.63) is 47.6 Å². The van der Waals surface area contributed by atoms with Crippen molar-refractivity contribution in [1.82, 2.24) is 19.9 Å². The molecule has 7 heteroatoms. The van der Waals surface area contributed by atoms with Crippen LogP contribution in [0.5, 0.6) is 0 Å². The Kier molecular flexibility index (Phi) is 4.44. The van der Waals surface area contributed by atoms with Crippen molar-refractivity contribution in [3.63, 3.8) is 0 Å². The third-order valence-electron chi connectivity index (χ3n) is 4.98. The lowest BCUT2D eigenvalue weighted by Crippen LogP contribution is -2.34. The van der Waals surface area contributed by atoms with Gasteiger partial charge in [0.2, 0.25) is 11.8 Å². The van der Waals surface area contributed by atoms with Crippen molar-refractivity contribution in [1.29, 1.82) is 0 Å². The fourth-order valence-electron chi connectivity index (χ4n) is 3.37. The molecule has 4 rings (SSSR count). The summed E-state index contributed by atoms with van der Waals surface area (Å²) in [6.07, 6.45) is 4.27. The van der Waals surface area contributed by atoms with Gasteiger partial charge in [0.05, 0.1) is 24.7 Å². The molecule has 1 unspecified atom stereocenters. The molecule has 0 radical (unpaired) electrons. The van der Waals surface area contributed by atoms with Crippen LogP contribution >= 0.6 is 0 Å². The molecule has 2 aliphatic rings. The number of carbonyl (C=O) groups is 2. The number of aromatic nitrogens is 2. The predicted molar refractivity (Wildman–Crippen MR) is 92.7 cm³/mol. The molecule has 1 saturated heterocycles. The third-order valence-corrected chi connectivity index (χ3v) is 4.98. The zero-order chi connectivity index (χ0) is 18.1. The van der Waals surface area contributed by atoms with Gasteiger partial charge in [-0.15, -0.1) is 0 Å². The molecule has 3 heterocycles. The van der Waals surface area contributed by atoms with Crippen molar-refractivity contribution in [2.24, 2.45) is 5.92 Å². The van der Waals surface area contributed by atoms with Crippen LogP contribution in [-0.4, -0.2) is 45.3 Å². The largest absolute Gasteiger partial charge is 0.361 e. The van der Waals surface area contributed by atoms with Crippen molar-refractivity contribution in [3.8, 4) is 0 Å². The summed E-state index contributed by atoms with van der Waals surface area (Å²) in [5, 5.41) is 4.06. The number of rotatable bonds is 6. The van der Waals surface area contributed by atoms with Gasteiger partial charge in [0.25, 0.3) is 0 Å². The minimum atomic E-state index is -0.314. The molecule has 2 fully saturated rings. The van der Waals surface area contributed by atoms with Crippen LogP contribution in [0.1, 0.15) is 42.3 Å². The summed E-state index contributed by atoms with van der Waals surface area (Å²) in [6, 6.07) is 7.56. The Morgan fingerprint density at radius 1 is 1.35 bits per heavy atom. The van der Waals surface area contributed by atoms with Crippen LogP contribution in [0, 0.1) is 5.92 Å². The second kappa shape index (κ2) is 6.90. The predicted octanol–water partition coefficient (Wildman–Crippen LogP) is 1.95. The van der Waals surface area contributed by atoms with Crippen molar-refractivity contribution < 1.29 is 14.1 Å². The maximum atomic E-state index is 12.7. The topological polar surface area (TPSA) is 79.5 Å². The lowest BCUT2D eigenvalue weighted by atomic mass is 10.1. The maximum Gasteiger partial charge on any atom is 0.228 e. The van der Waals surface area contributed by atoms with E-state index in [1.54, 1.807) is 23.0 Å². The summed E-state index contributed by atoms with van der Waals surface area (Å²) in [7, 11) is 1.75. The molecule has 2 aromatic rings. The fraction of sp³-hybridized carbons (Fsp3) is 0.474. The van der Waals surface area contributed by atoms with Gasteiger partial charge < -0.3 is 14.3 Å². The highest BCUT2D eigenvalue weighted by molar-refractivity contribution is 5.89. The molecule has 0 aromatic carbocycles. The summed E-state index contributed by atoms with van der Waals surface area (Å²) < 4.78 is 5.34. The molecule has 2 amide bonds. The molecule has 7 nitrogen and oxygen atoms in total. The first kappa shape index (κ1) is 16.8. The standard InChI is InChI=1S/C19H22N4O3/c1-22(11-16-9-17(26-21-16)13-5-6-13)19(25)14-8-18(24)23(10-14)12-15-4-2-3-7-20-15/h2-4,7,9,13-14H,5-6,8,10-12H2,1H3. The lowest BCUT2D eigenvalue weighted by molar-refractivity contribution is -0.135. The van der Waals surface area contributed by atoms with E-state index in [2.05, 4.69) is 10.1 Å². The maximum absolute atomic E-state index is 12.7. The van der Waals surface area contributed by atoms with Gasteiger partial charge in [-0.3, -0.25) is 14.6 Å². The van der Waals surface area contributed by atoms with E-state index in [-0.39, 0.29) is 24.2 Å². The first-order chi connectivity index (χ1) is 12.6. The van der Waals surface area contributed by atoms with E-state index < -0.39 is 0 Å². The van der Waals surface area contributed by atoms with Crippen molar-refractivity contribution in [2.75, 3.05) is 13.6 Å². The van der Waals surface area contributed by atoms with Gasteiger partial charge >= 0.3 is 0 Å². The quantitative estimate of drug-likeness (QED) is 0.792. The summed E-state index contributed by atoms with van der Waals surface area (Å²) in [4.78, 5) is 32.6. The second-order valence-corrected chi connectivity index (χ2v) is 7.19. The van der Waals surface area contributed by atoms with E-state index in [0.29, 0.717) is 25.6 Å². The molecular weight excluding hydrogens is 332 g/mol. The van der Waals surface area contributed by atoms with Crippen LogP contribution in [-0.2, 0) is 22.7 Å². The summed E-state index contributed by atoms with van der Waals surface area (Å²) in [5.41, 5.74) is 1.59. The first-order valence-corrected chi connectivity index (χ1v) is 8.98. The van der Waals surface area contributed by atoms with E-state index in [1.807, 2.05) is 24.3 Å². The monoisotopic (exact) mass is 354 g/mol. The molecule has 0 N–H and O–H groups in total. The summed E-state index contributed by atoms with van der Waals surface area (Å²) >= 11 is 0. The Morgan fingerprint density at radius 2 is 2.19 bits per heavy atom. The van der Waals surface area contributed by atoms with Crippen LogP contribution in [0.3, 0.4) is 0 Å². The summed E-state index contributed by atoms with van der Waals surface area (Å²) in [6.45, 7) is 1.28. The van der Waals surface area contributed by atoms with Crippen molar-refractivity contribution >= 4 is 11.8 Å². The fourth-order valence-corrected chi connectivity index (χ4v) is 3.37. The number of likely N-dealkylation sites (tertiary alicyclic amines) is 1. The number of carbonyl (C=O) groups excluding carboxylic acids is 2. The number of hydrogen-bond donors (Lipinski definition) is 0. The zero-order valence-corrected chi connectivity index (χ0v) is 14.8. The molecule has 2 aromatic heterocycles. The lowest BCUT2D eigenvalue weighted by Gasteiger charge is -2.20. The molecule has 1 atom stereocenters. The minimum absolute atomic E-state index is 0.000131. The number of pyridine rings is 1. The van der Waals surface area contributed by atoms with Crippen molar-refractivity contribution in [2.45, 2.75) is 38.3 Å². The van der Waals surface area contributed by atoms with E-state index >= 15 is 0 Å². The molecule has 1 saturated carbocycles. The smallest absolute Gasteiger partial charge is 0.228 e. The van der Waals surface area contributed by atoms with Gasteiger partial charge in [-0.2, -0.15) is 0 Å².